The smallest absolute Gasteiger partial charge is 1.00 e. The van der Waals surface area contributed by atoms with Gasteiger partial charge in [0.05, 0.1) is 0 Å². The molecule has 0 aromatic carbocycles. The maximum absolute atomic E-state index is 9.81. The van der Waals surface area contributed by atoms with Gasteiger partial charge in [0.1, 0.15) is 0 Å². The molecule has 0 aromatic heterocycles. The predicted molar refractivity (Wildman–Crippen MR) is 22.9 cm³/mol. The summed E-state index contributed by atoms with van der Waals surface area (Å²) in [4.78, 5) is 0. The number of halogens is 7. The molecule has 60 valence electrons. The van der Waals surface area contributed by atoms with Crippen molar-refractivity contribution in [2.45, 2.75) is 0 Å². The van der Waals surface area contributed by atoms with Crippen LogP contribution in [-0.2, 0) is 0 Å². The zero-order chi connectivity index (χ0) is 7.15. The molecule has 0 saturated heterocycles. The molecule has 0 aliphatic heterocycles. The monoisotopic (exact) mass is 236 g/mol. The van der Waals surface area contributed by atoms with Crippen LogP contribution < -0.4 is 59.1 Å². The van der Waals surface area contributed by atoms with E-state index in [9.17, 15) is 21.1 Å². The van der Waals surface area contributed by atoms with Crippen molar-refractivity contribution in [2.75, 3.05) is 0 Å². The standard InChI is InChI=1S/2Al.7FH.2Na.2H/h;;7*1H;;;;/q2*+3;;;;;;;;2*+1;2*-1/p-6. The van der Waals surface area contributed by atoms with E-state index in [1.807, 2.05) is 0 Å². The third-order valence-electron chi connectivity index (χ3n) is 0. The molecule has 0 bridgehead atoms. The minimum Gasteiger partial charge on any atom is -1.00 e. The van der Waals surface area contributed by atoms with Crippen molar-refractivity contribution >= 4 is 31.1 Å². The van der Waals surface area contributed by atoms with Gasteiger partial charge in [-0.05, 0) is 0 Å². The van der Waals surface area contributed by atoms with E-state index in [0.29, 0.717) is 0 Å². The predicted octanol–water partition coefficient (Wildman–Crippen LogP) is -3.85. The van der Waals surface area contributed by atoms with Crippen LogP contribution in [0.2, 0.25) is 0 Å². The largest absolute Gasteiger partial charge is 1.04 e. The first kappa shape index (κ1) is 29.2. The normalized spacial score (nSPS) is 4.91. The van der Waals surface area contributed by atoms with Crippen molar-refractivity contribution in [1.82, 2.24) is 0 Å². The van der Waals surface area contributed by atoms with Crippen molar-refractivity contribution in [1.29, 1.82) is 0 Å². The van der Waals surface area contributed by atoms with E-state index in [2.05, 4.69) is 0 Å². The van der Waals surface area contributed by atoms with Gasteiger partial charge in [0.2, 0.25) is 0 Å². The first-order valence-corrected chi connectivity index (χ1v) is 3.93. The minimum atomic E-state index is -4.64. The van der Waals surface area contributed by atoms with Gasteiger partial charge in [-0.25, -0.2) is 0 Å². The molecule has 0 atom stereocenters. The molecular formula is H3Al2F7Na2. The first-order chi connectivity index (χ1) is 3.46. The fraction of sp³-hybridized carbons (Fsp3) is 0. The molecule has 0 spiro atoms. The van der Waals surface area contributed by atoms with Crippen LogP contribution in [0, 0.1) is 0 Å². The van der Waals surface area contributed by atoms with Crippen molar-refractivity contribution in [2.24, 2.45) is 0 Å². The molecule has 0 unspecified atom stereocenters. The van der Waals surface area contributed by atoms with Crippen LogP contribution in [0.25, 0.3) is 0 Å². The summed E-state index contributed by atoms with van der Waals surface area (Å²) in [6.07, 6.45) is 0. The van der Waals surface area contributed by atoms with Crippen molar-refractivity contribution in [3.63, 3.8) is 0 Å². The third-order valence-corrected chi connectivity index (χ3v) is 0. The maximum Gasteiger partial charge on any atom is 1.04 e. The Morgan fingerprint density at radius 2 is 0.636 bits per heavy atom. The Balaban J connectivity index is -0.00000000800. The van der Waals surface area contributed by atoms with Gasteiger partial charge in [0, 0.05) is 0 Å². The quantitative estimate of drug-likeness (QED) is 0.298. The van der Waals surface area contributed by atoms with Crippen molar-refractivity contribution < 1.29 is 87.8 Å². The molecule has 0 aliphatic rings. The Bertz CT molecular complexity index is 38.0. The summed E-state index contributed by atoms with van der Waals surface area (Å²) in [5.41, 5.74) is 0. The Morgan fingerprint density at radius 1 is 0.636 bits per heavy atom. The van der Waals surface area contributed by atoms with Gasteiger partial charge in [-0.15, -0.1) is 0 Å². The zero-order valence-electron chi connectivity index (χ0n) is 7.83. The third kappa shape index (κ3) is 212. The minimum absolute atomic E-state index is 0. The molecule has 0 nitrogen and oxygen atoms in total. The van der Waals surface area contributed by atoms with E-state index in [1.54, 1.807) is 0 Å². The van der Waals surface area contributed by atoms with Gasteiger partial charge in [0.25, 0.3) is 0 Å². The average Bonchev–Trinajstić information content (AvgIpc) is 1.25. The van der Waals surface area contributed by atoms with Gasteiger partial charge in [-0.3, -0.25) is 4.70 Å². The first-order valence-electron chi connectivity index (χ1n) is 1.31. The molecule has 0 saturated carbocycles. The van der Waals surface area contributed by atoms with Gasteiger partial charge in [-0.2, -0.15) is 0 Å². The number of hydrogen-bond donors (Lipinski definition) is 0. The van der Waals surface area contributed by atoms with Gasteiger partial charge >= 0.3 is 90.2 Å². The molecule has 0 fully saturated rings. The summed E-state index contributed by atoms with van der Waals surface area (Å²) in [7, 11) is 0. The molecule has 0 rings (SSSR count). The Hall–Kier alpha value is 2.57. The zero-order valence-corrected chi connectivity index (χ0v) is 12.1. The second-order valence-electron chi connectivity index (χ2n) is 0.495. The summed E-state index contributed by atoms with van der Waals surface area (Å²) in [5, 5.41) is 0. The number of hydrogen-bond acceptors (Lipinski definition) is 0. The van der Waals surface area contributed by atoms with E-state index in [1.165, 1.54) is 0 Å². The van der Waals surface area contributed by atoms with Crippen LogP contribution in [0.5, 0.6) is 0 Å². The average molecular weight is 236 g/mol. The second-order valence-corrected chi connectivity index (χ2v) is 1.48. The van der Waals surface area contributed by atoms with Gasteiger partial charge in [-0.1, -0.05) is 0 Å². The van der Waals surface area contributed by atoms with Crippen LogP contribution in [-0.4, -0.2) is 31.1 Å². The van der Waals surface area contributed by atoms with E-state index in [4.69, 9.17) is 0 Å². The van der Waals surface area contributed by atoms with Crippen LogP contribution in [0.3, 0.4) is 0 Å². The van der Waals surface area contributed by atoms with Crippen molar-refractivity contribution in [3.8, 4) is 0 Å². The van der Waals surface area contributed by atoms with Crippen LogP contribution in [0.1, 0.15) is 2.85 Å². The van der Waals surface area contributed by atoms with Gasteiger partial charge in [0.15, 0.2) is 0 Å². The topological polar surface area (TPSA) is 0 Å². The van der Waals surface area contributed by atoms with Crippen molar-refractivity contribution in [3.05, 3.63) is 0 Å². The molecule has 0 aliphatic carbocycles. The fourth-order valence-electron chi connectivity index (χ4n) is 0. The van der Waals surface area contributed by atoms with Gasteiger partial charge < -0.3 is 24.0 Å². The Morgan fingerprint density at radius 3 is 0.636 bits per heavy atom. The van der Waals surface area contributed by atoms with E-state index in [0.717, 1.165) is 0 Å². The van der Waals surface area contributed by atoms with Crippen LogP contribution in [0.15, 0.2) is 0 Å². The van der Waals surface area contributed by atoms with E-state index in [-0.39, 0.29) is 66.7 Å². The summed E-state index contributed by atoms with van der Waals surface area (Å²) in [6.45, 7) is 0. The SMILES string of the molecule is F.[F][Al]([F])[F].[F][Al]([F])[F].[H-].[H-].[Na+].[Na+]. The van der Waals surface area contributed by atoms with Crippen LogP contribution >= 0.6 is 0 Å². The molecule has 0 aromatic rings. The summed E-state index contributed by atoms with van der Waals surface area (Å²) in [6, 6.07) is 0. The molecule has 11 heavy (non-hydrogen) atoms. The molecule has 11 heteroatoms. The number of rotatable bonds is 0. The Labute approximate surface area is 117 Å². The van der Waals surface area contributed by atoms with E-state index >= 15 is 0 Å². The fourth-order valence-corrected chi connectivity index (χ4v) is 0. The second kappa shape index (κ2) is 22.9. The molecule has 0 radical (unpaired) electrons. The Kier molecular flexibility index (Phi) is 60.8. The van der Waals surface area contributed by atoms with E-state index < -0.39 is 31.1 Å². The molecule has 0 amide bonds. The molecular weight excluding hydrogens is 233 g/mol. The summed E-state index contributed by atoms with van der Waals surface area (Å²) >= 11 is -9.28. The van der Waals surface area contributed by atoms with Crippen LogP contribution in [0.4, 0.5) is 25.8 Å². The molecule has 0 heterocycles. The maximum atomic E-state index is 9.81. The summed E-state index contributed by atoms with van der Waals surface area (Å²) in [5.74, 6) is 0. The molecule has 0 N–H and O–H groups in total. The summed E-state index contributed by atoms with van der Waals surface area (Å²) < 4.78 is 58.8.